The number of nitrogens with one attached hydrogen (secondary N) is 1. The number of unbranched alkanes of at least 4 members (excludes halogenated alkanes) is 5. The van der Waals surface area contributed by atoms with Crippen molar-refractivity contribution >= 4 is 28.7 Å². The molecule has 0 bridgehead atoms. The fourth-order valence-corrected chi connectivity index (χ4v) is 4.58. The number of esters is 1. The van der Waals surface area contributed by atoms with Gasteiger partial charge in [0.05, 0.1) is 12.5 Å². The molecule has 3 rings (SSSR count). The lowest BCUT2D eigenvalue weighted by molar-refractivity contribution is -0.145. The van der Waals surface area contributed by atoms with Crippen LogP contribution >= 0.6 is 0 Å². The van der Waals surface area contributed by atoms with E-state index in [1.165, 1.54) is 16.3 Å². The van der Waals surface area contributed by atoms with Gasteiger partial charge in [0.25, 0.3) is 0 Å². The fourth-order valence-electron chi connectivity index (χ4n) is 4.58. The molecule has 3 aromatic carbocycles. The molecule has 38 heavy (non-hydrogen) atoms. The average Bonchev–Trinajstić information content (AvgIpc) is 2.91. The third kappa shape index (κ3) is 10.9. The molecule has 5 heteroatoms. The highest BCUT2D eigenvalue weighted by molar-refractivity contribution is 5.90. The summed E-state index contributed by atoms with van der Waals surface area (Å²) in [6, 6.07) is 24.3. The molecule has 1 amide bonds. The van der Waals surface area contributed by atoms with Crippen LogP contribution in [0.2, 0.25) is 0 Å². The maximum atomic E-state index is 12.5. The Hall–Kier alpha value is -3.44. The quantitative estimate of drug-likeness (QED) is 0.169. The van der Waals surface area contributed by atoms with E-state index in [1.807, 2.05) is 49.3 Å². The van der Waals surface area contributed by atoms with E-state index < -0.39 is 0 Å². The second-order valence-corrected chi connectivity index (χ2v) is 10.2. The van der Waals surface area contributed by atoms with Gasteiger partial charge in [-0.15, -0.1) is 0 Å². The smallest absolute Gasteiger partial charge is 0.308 e. The molecule has 0 aliphatic rings. The molecular weight excluding hydrogens is 472 g/mol. The van der Waals surface area contributed by atoms with Gasteiger partial charge in [0.2, 0.25) is 5.91 Å². The van der Waals surface area contributed by atoms with E-state index in [4.69, 9.17) is 4.74 Å². The van der Waals surface area contributed by atoms with Crippen molar-refractivity contribution in [1.82, 2.24) is 10.2 Å². The van der Waals surface area contributed by atoms with Gasteiger partial charge in [-0.1, -0.05) is 104 Å². The van der Waals surface area contributed by atoms with Crippen LogP contribution in [0.1, 0.15) is 62.5 Å². The number of rotatable bonds is 16. The highest BCUT2D eigenvalue weighted by Crippen LogP contribution is 2.20. The number of likely N-dealkylation sites (N-methyl/N-ethyl adjacent to an activating group) is 1. The lowest BCUT2D eigenvalue weighted by Gasteiger charge is -2.22. The zero-order valence-corrected chi connectivity index (χ0v) is 22.9. The van der Waals surface area contributed by atoms with Crippen LogP contribution in [-0.4, -0.2) is 43.5 Å². The highest BCUT2D eigenvalue weighted by atomic mass is 16.5. The summed E-state index contributed by atoms with van der Waals surface area (Å²) in [5.74, 6) is -0.291. The van der Waals surface area contributed by atoms with Gasteiger partial charge >= 0.3 is 5.97 Å². The Morgan fingerprint density at radius 3 is 2.39 bits per heavy atom. The van der Waals surface area contributed by atoms with Gasteiger partial charge in [-0.05, 0) is 55.3 Å². The van der Waals surface area contributed by atoms with E-state index in [9.17, 15) is 9.59 Å². The van der Waals surface area contributed by atoms with Gasteiger partial charge in [0, 0.05) is 13.0 Å². The van der Waals surface area contributed by atoms with Gasteiger partial charge in [-0.25, -0.2) is 0 Å². The summed E-state index contributed by atoms with van der Waals surface area (Å²) in [4.78, 5) is 26.8. The highest BCUT2D eigenvalue weighted by Gasteiger charge is 2.18. The molecule has 0 aromatic heterocycles. The van der Waals surface area contributed by atoms with E-state index in [1.54, 1.807) is 0 Å². The molecule has 0 spiro atoms. The van der Waals surface area contributed by atoms with Gasteiger partial charge in [-0.3, -0.25) is 9.59 Å². The van der Waals surface area contributed by atoms with Crippen LogP contribution in [0.3, 0.4) is 0 Å². The van der Waals surface area contributed by atoms with Crippen LogP contribution in [0.4, 0.5) is 0 Å². The van der Waals surface area contributed by atoms with E-state index in [2.05, 4.69) is 59.9 Å². The molecule has 0 unspecified atom stereocenters. The number of nitrogens with zero attached hydrogens (tertiary/aromatic N) is 1. The zero-order chi connectivity index (χ0) is 27.0. The maximum Gasteiger partial charge on any atom is 0.308 e. The van der Waals surface area contributed by atoms with Crippen molar-refractivity contribution in [1.29, 1.82) is 0 Å². The largest absolute Gasteiger partial charge is 0.461 e. The minimum absolute atomic E-state index is 0.00531. The first-order valence-corrected chi connectivity index (χ1v) is 13.8. The molecule has 0 saturated carbocycles. The molecule has 0 aliphatic carbocycles. The van der Waals surface area contributed by atoms with Crippen molar-refractivity contribution in [3.8, 4) is 0 Å². The maximum absolute atomic E-state index is 12.5. The molecule has 3 aromatic rings. The number of hydrogen-bond donors (Lipinski definition) is 1. The van der Waals surface area contributed by atoms with E-state index in [-0.39, 0.29) is 30.9 Å². The van der Waals surface area contributed by atoms with E-state index >= 15 is 0 Å². The molecule has 0 heterocycles. The predicted octanol–water partition coefficient (Wildman–Crippen LogP) is 6.76. The lowest BCUT2D eigenvalue weighted by Crippen LogP contribution is -2.43. The number of hydrogen-bond acceptors (Lipinski definition) is 4. The summed E-state index contributed by atoms with van der Waals surface area (Å²) in [6.07, 6.45) is 11.6. The van der Waals surface area contributed by atoms with Crippen molar-refractivity contribution in [2.24, 2.45) is 0 Å². The number of allylic oxidation sites excluding steroid dienone is 1. The number of carbonyl (C=O) groups is 2. The Morgan fingerprint density at radius 2 is 1.58 bits per heavy atom. The van der Waals surface area contributed by atoms with Crippen LogP contribution in [0.5, 0.6) is 0 Å². The summed E-state index contributed by atoms with van der Waals surface area (Å²) >= 11 is 0. The Morgan fingerprint density at radius 1 is 0.868 bits per heavy atom. The first kappa shape index (κ1) is 29.1. The second-order valence-electron chi connectivity index (χ2n) is 10.2. The van der Waals surface area contributed by atoms with Crippen molar-refractivity contribution in [3.63, 3.8) is 0 Å². The second kappa shape index (κ2) is 16.4. The van der Waals surface area contributed by atoms with Gasteiger partial charge in [-0.2, -0.15) is 0 Å². The van der Waals surface area contributed by atoms with Crippen molar-refractivity contribution < 1.29 is 14.3 Å². The Labute approximate surface area is 227 Å². The number of benzene rings is 3. The molecule has 0 saturated heterocycles. The summed E-state index contributed by atoms with van der Waals surface area (Å²) in [6.45, 7) is 0.847. The van der Waals surface area contributed by atoms with Gasteiger partial charge < -0.3 is 15.0 Å². The number of amides is 1. The van der Waals surface area contributed by atoms with Crippen molar-refractivity contribution in [3.05, 3.63) is 90.0 Å². The molecular formula is C33H42N2O3. The van der Waals surface area contributed by atoms with Gasteiger partial charge in [0.1, 0.15) is 6.61 Å². The standard InChI is InChI=1S/C33H42N2O3/c1-35(2)25-30(24-33(37)38-26-27-16-9-8-10-17-27)34-32(36)23-12-7-5-3-4-6-11-18-28-20-15-21-29-19-13-14-22-31(28)29/h8-11,13-22,30H,3-7,12,23-26H2,1-2H3,(H,34,36)/b18-11+/t30-/m1/s1. The zero-order valence-electron chi connectivity index (χ0n) is 22.9. The van der Waals surface area contributed by atoms with Crippen molar-refractivity contribution in [2.45, 2.75) is 64.0 Å². The number of carbonyl (C=O) groups excluding carboxylic acids is 2. The van der Waals surface area contributed by atoms with Crippen LogP contribution in [0, 0.1) is 0 Å². The Kier molecular flexibility index (Phi) is 12.6. The monoisotopic (exact) mass is 514 g/mol. The van der Waals surface area contributed by atoms with Crippen LogP contribution < -0.4 is 5.32 Å². The molecule has 0 fully saturated rings. The summed E-state index contributed by atoms with van der Waals surface area (Å²) in [5.41, 5.74) is 2.22. The number of fused-ring (bicyclic) bond motifs is 1. The third-order valence-corrected chi connectivity index (χ3v) is 6.50. The Balaban J connectivity index is 1.28. The summed E-state index contributed by atoms with van der Waals surface area (Å²) < 4.78 is 5.41. The minimum Gasteiger partial charge on any atom is -0.461 e. The molecule has 5 nitrogen and oxygen atoms in total. The lowest BCUT2D eigenvalue weighted by atomic mass is 10.0. The SMILES string of the molecule is CN(C)C[C@@H](CC(=O)OCc1ccccc1)NC(=O)CCCCCCC/C=C/c1cccc2ccccc12. The molecule has 0 aliphatic heterocycles. The normalized spacial score (nSPS) is 12.2. The average molecular weight is 515 g/mol. The molecule has 0 radical (unpaired) electrons. The van der Waals surface area contributed by atoms with E-state index in [0.717, 1.165) is 44.1 Å². The van der Waals surface area contributed by atoms with E-state index in [0.29, 0.717) is 13.0 Å². The topological polar surface area (TPSA) is 58.6 Å². The first-order valence-electron chi connectivity index (χ1n) is 13.8. The molecule has 202 valence electrons. The van der Waals surface area contributed by atoms with Gasteiger partial charge in [0.15, 0.2) is 0 Å². The van der Waals surface area contributed by atoms with Crippen LogP contribution in [0.15, 0.2) is 78.9 Å². The fraction of sp³-hybridized carbons (Fsp3) is 0.394. The van der Waals surface area contributed by atoms with Crippen LogP contribution in [0.25, 0.3) is 16.8 Å². The van der Waals surface area contributed by atoms with Crippen LogP contribution in [-0.2, 0) is 20.9 Å². The minimum atomic E-state index is -0.296. The number of ether oxygens (including phenoxy) is 1. The summed E-state index contributed by atoms with van der Waals surface area (Å²) in [5, 5.41) is 5.60. The summed E-state index contributed by atoms with van der Waals surface area (Å²) in [7, 11) is 3.87. The molecule has 1 N–H and O–H groups in total. The Bertz CT molecular complexity index is 1150. The molecule has 1 atom stereocenters. The third-order valence-electron chi connectivity index (χ3n) is 6.50. The first-order chi connectivity index (χ1) is 18.5. The predicted molar refractivity (Wildman–Crippen MR) is 157 cm³/mol. The van der Waals surface area contributed by atoms with Crippen molar-refractivity contribution in [2.75, 3.05) is 20.6 Å².